The van der Waals surface area contributed by atoms with Crippen LogP contribution in [-0.2, 0) is 9.53 Å². The van der Waals surface area contributed by atoms with Gasteiger partial charge in [0.15, 0.2) is 5.60 Å². The van der Waals surface area contributed by atoms with E-state index in [9.17, 15) is 9.90 Å². The van der Waals surface area contributed by atoms with Gasteiger partial charge in [-0.05, 0) is 13.8 Å². The number of hydrogen-bond acceptors (Lipinski definition) is 4. The maximum Gasteiger partial charge on any atom is 0.338 e. The molecule has 1 heterocycles. The molecule has 4 heteroatoms. The average Bonchev–Trinajstić information content (AvgIpc) is 2.37. The normalized spacial score (nSPS) is 33.3. The van der Waals surface area contributed by atoms with Crippen LogP contribution < -0.4 is 0 Å². The maximum absolute atomic E-state index is 11.2. The van der Waals surface area contributed by atoms with Crippen LogP contribution in [0.3, 0.4) is 0 Å². The summed E-state index contributed by atoms with van der Waals surface area (Å²) >= 11 is 0. The molecular formula is C10H16O4. The minimum absolute atomic E-state index is 0.0549. The van der Waals surface area contributed by atoms with Gasteiger partial charge in [0.25, 0.3) is 0 Å². The van der Waals surface area contributed by atoms with Gasteiger partial charge in [-0.3, -0.25) is 0 Å². The van der Waals surface area contributed by atoms with E-state index in [0.29, 0.717) is 6.42 Å². The van der Waals surface area contributed by atoms with Crippen molar-refractivity contribution in [2.75, 3.05) is 6.61 Å². The first-order valence-electron chi connectivity index (χ1n) is 4.68. The zero-order chi connectivity index (χ0) is 10.8. The van der Waals surface area contributed by atoms with Crippen molar-refractivity contribution in [3.63, 3.8) is 0 Å². The topological polar surface area (TPSA) is 66.8 Å². The Morgan fingerprint density at radius 3 is 2.86 bits per heavy atom. The van der Waals surface area contributed by atoms with Crippen LogP contribution in [0, 0.1) is 0 Å². The Kier molecular flexibility index (Phi) is 3.29. The summed E-state index contributed by atoms with van der Waals surface area (Å²) in [7, 11) is 0. The molecule has 0 radical (unpaired) electrons. The third-order valence-electron chi connectivity index (χ3n) is 2.35. The van der Waals surface area contributed by atoms with Gasteiger partial charge in [-0.25, -0.2) is 4.79 Å². The van der Waals surface area contributed by atoms with E-state index in [-0.39, 0.29) is 19.1 Å². The van der Waals surface area contributed by atoms with Gasteiger partial charge in [-0.2, -0.15) is 0 Å². The molecule has 0 aromatic heterocycles. The second-order valence-electron chi connectivity index (χ2n) is 3.86. The molecule has 0 aromatic rings. The molecule has 2 N–H and O–H groups in total. The third kappa shape index (κ3) is 2.33. The van der Waals surface area contributed by atoms with E-state index < -0.39 is 11.6 Å². The van der Waals surface area contributed by atoms with Crippen LogP contribution in [0.4, 0.5) is 0 Å². The van der Waals surface area contributed by atoms with Crippen LogP contribution in [-0.4, -0.2) is 34.5 Å². The summed E-state index contributed by atoms with van der Waals surface area (Å²) in [6.07, 6.45) is 1.97. The Balaban J connectivity index is 2.63. The molecule has 1 saturated heterocycles. The number of esters is 1. The van der Waals surface area contributed by atoms with Crippen LogP contribution in [0.1, 0.15) is 26.7 Å². The van der Waals surface area contributed by atoms with Gasteiger partial charge in [-0.1, -0.05) is 11.6 Å². The van der Waals surface area contributed by atoms with Gasteiger partial charge in [0.05, 0.1) is 6.61 Å². The molecule has 1 rings (SSSR count). The number of aliphatic hydroxyl groups excluding tert-OH is 1. The first-order chi connectivity index (χ1) is 6.48. The van der Waals surface area contributed by atoms with Crippen molar-refractivity contribution in [3.05, 3.63) is 11.6 Å². The first kappa shape index (κ1) is 11.2. The molecular weight excluding hydrogens is 184 g/mol. The average molecular weight is 200 g/mol. The van der Waals surface area contributed by atoms with Crippen molar-refractivity contribution in [2.24, 2.45) is 0 Å². The molecule has 4 nitrogen and oxygen atoms in total. The molecule has 2 atom stereocenters. The van der Waals surface area contributed by atoms with Crippen LogP contribution >= 0.6 is 0 Å². The molecule has 1 fully saturated rings. The van der Waals surface area contributed by atoms with Crippen LogP contribution in [0.25, 0.3) is 0 Å². The molecule has 0 amide bonds. The van der Waals surface area contributed by atoms with E-state index in [1.54, 1.807) is 19.9 Å². The summed E-state index contributed by atoms with van der Waals surface area (Å²) in [4.78, 5) is 11.2. The zero-order valence-electron chi connectivity index (χ0n) is 8.49. The largest absolute Gasteiger partial charge is 0.460 e. The monoisotopic (exact) mass is 200 g/mol. The van der Waals surface area contributed by atoms with Crippen molar-refractivity contribution < 1.29 is 19.7 Å². The predicted octanol–water partition coefficient (Wildman–Crippen LogP) is 0.382. The highest BCUT2D eigenvalue weighted by atomic mass is 16.6. The number of carbonyl (C=O) groups is 1. The molecule has 14 heavy (non-hydrogen) atoms. The first-order valence-corrected chi connectivity index (χ1v) is 4.68. The highest BCUT2D eigenvalue weighted by Crippen LogP contribution is 2.29. The zero-order valence-corrected chi connectivity index (χ0v) is 8.49. The highest BCUT2D eigenvalue weighted by Gasteiger charge is 2.45. The van der Waals surface area contributed by atoms with Crippen molar-refractivity contribution in [1.82, 2.24) is 0 Å². The molecule has 1 aliphatic rings. The summed E-state index contributed by atoms with van der Waals surface area (Å²) in [6, 6.07) is 0. The number of cyclic esters (lactones) is 1. The molecule has 0 saturated carbocycles. The fourth-order valence-electron chi connectivity index (χ4n) is 1.47. The highest BCUT2D eigenvalue weighted by molar-refractivity contribution is 5.81. The van der Waals surface area contributed by atoms with Crippen LogP contribution in [0.2, 0.25) is 0 Å². The van der Waals surface area contributed by atoms with Crippen molar-refractivity contribution in [1.29, 1.82) is 0 Å². The summed E-state index contributed by atoms with van der Waals surface area (Å²) in [5, 5.41) is 18.6. The van der Waals surface area contributed by atoms with Gasteiger partial charge in [-0.15, -0.1) is 0 Å². The van der Waals surface area contributed by atoms with E-state index >= 15 is 0 Å². The maximum atomic E-state index is 11.2. The minimum Gasteiger partial charge on any atom is -0.460 e. The molecule has 1 aliphatic heterocycles. The molecule has 0 unspecified atom stereocenters. The number of aliphatic hydroxyl groups is 2. The fraction of sp³-hybridized carbons (Fsp3) is 0.700. The van der Waals surface area contributed by atoms with E-state index in [0.717, 1.165) is 5.57 Å². The van der Waals surface area contributed by atoms with Crippen molar-refractivity contribution in [3.8, 4) is 0 Å². The summed E-state index contributed by atoms with van der Waals surface area (Å²) in [5.41, 5.74) is -0.652. The molecule has 0 bridgehead atoms. The van der Waals surface area contributed by atoms with Gasteiger partial charge < -0.3 is 14.9 Å². The predicted molar refractivity (Wildman–Crippen MR) is 50.6 cm³/mol. The summed E-state index contributed by atoms with van der Waals surface area (Å²) in [5.74, 6) is -0.563. The summed E-state index contributed by atoms with van der Waals surface area (Å²) in [6.45, 7) is 3.44. The van der Waals surface area contributed by atoms with E-state index in [1.807, 2.05) is 0 Å². The quantitative estimate of drug-likeness (QED) is 0.510. The van der Waals surface area contributed by atoms with Gasteiger partial charge in [0.1, 0.15) is 6.10 Å². The van der Waals surface area contributed by atoms with Gasteiger partial charge in [0.2, 0.25) is 0 Å². The lowest BCUT2D eigenvalue weighted by Gasteiger charge is -2.15. The third-order valence-corrected chi connectivity index (χ3v) is 2.35. The van der Waals surface area contributed by atoms with Crippen molar-refractivity contribution >= 4 is 5.97 Å². The SMILES string of the molecule is CC(=CC[C@@]1(O)C[C@H](C)OC1=O)CO. The molecule has 0 aliphatic carbocycles. The smallest absolute Gasteiger partial charge is 0.338 e. The number of ether oxygens (including phenoxy) is 1. The lowest BCUT2D eigenvalue weighted by atomic mass is 9.95. The lowest BCUT2D eigenvalue weighted by Crippen LogP contribution is -2.33. The Morgan fingerprint density at radius 2 is 2.43 bits per heavy atom. The Labute approximate surface area is 83.2 Å². The van der Waals surface area contributed by atoms with E-state index in [4.69, 9.17) is 9.84 Å². The second-order valence-corrected chi connectivity index (χ2v) is 3.86. The number of rotatable bonds is 3. The Hall–Kier alpha value is -0.870. The number of hydrogen-bond donors (Lipinski definition) is 2. The lowest BCUT2D eigenvalue weighted by molar-refractivity contribution is -0.154. The molecule has 0 aromatic carbocycles. The Morgan fingerprint density at radius 1 is 1.79 bits per heavy atom. The van der Waals surface area contributed by atoms with E-state index in [1.165, 1.54) is 0 Å². The summed E-state index contributed by atoms with van der Waals surface area (Å²) < 4.78 is 4.86. The molecule has 0 spiro atoms. The Bertz CT molecular complexity index is 259. The van der Waals surface area contributed by atoms with Gasteiger partial charge in [0, 0.05) is 12.8 Å². The van der Waals surface area contributed by atoms with Crippen molar-refractivity contribution in [2.45, 2.75) is 38.4 Å². The van der Waals surface area contributed by atoms with Gasteiger partial charge >= 0.3 is 5.97 Å². The van der Waals surface area contributed by atoms with Crippen LogP contribution in [0.5, 0.6) is 0 Å². The second kappa shape index (κ2) is 4.11. The number of carbonyl (C=O) groups excluding carboxylic acids is 1. The van der Waals surface area contributed by atoms with E-state index in [2.05, 4.69) is 0 Å². The minimum atomic E-state index is -1.39. The van der Waals surface area contributed by atoms with Crippen LogP contribution in [0.15, 0.2) is 11.6 Å². The molecule has 80 valence electrons. The fourth-order valence-corrected chi connectivity index (χ4v) is 1.47. The standard InChI is InChI=1S/C10H16O4/c1-7(6-11)3-4-10(13)5-8(2)14-9(10)12/h3,8,11,13H,4-6H2,1-2H3/t8-,10+/m0/s1.